The molecule has 5 nitrogen and oxygen atoms in total. The second-order valence-corrected chi connectivity index (χ2v) is 11.2. The molecule has 2 aromatic carbocycles. The zero-order valence-electron chi connectivity index (χ0n) is 16.6. The van der Waals surface area contributed by atoms with E-state index in [2.05, 4.69) is 0 Å². The summed E-state index contributed by atoms with van der Waals surface area (Å²) in [6.45, 7) is 3.62. The molecule has 0 bridgehead atoms. The number of carbonyl (C=O) groups excluding carboxylic acids is 1. The van der Waals surface area contributed by atoms with Crippen molar-refractivity contribution < 1.29 is 13.2 Å². The van der Waals surface area contributed by atoms with Crippen LogP contribution in [0.3, 0.4) is 0 Å². The Kier molecular flexibility index (Phi) is 5.73. The fourth-order valence-corrected chi connectivity index (χ4v) is 7.22. The van der Waals surface area contributed by atoms with Gasteiger partial charge >= 0.3 is 0 Å². The van der Waals surface area contributed by atoms with E-state index in [0.717, 1.165) is 16.9 Å². The van der Waals surface area contributed by atoms with Crippen LogP contribution in [0.4, 0.5) is 0 Å². The molecular weight excluding hydrogens is 404 g/mol. The molecule has 2 fully saturated rings. The van der Waals surface area contributed by atoms with E-state index in [-0.39, 0.29) is 16.5 Å². The maximum absolute atomic E-state index is 13.2. The highest BCUT2D eigenvalue weighted by Crippen LogP contribution is 2.45. The number of piperidine rings is 1. The predicted molar refractivity (Wildman–Crippen MR) is 117 cm³/mol. The largest absolute Gasteiger partial charge is 0.323 e. The van der Waals surface area contributed by atoms with Crippen LogP contribution in [0.15, 0.2) is 54.6 Å². The van der Waals surface area contributed by atoms with Crippen molar-refractivity contribution in [2.75, 3.05) is 25.4 Å². The first kappa shape index (κ1) is 20.4. The average Bonchev–Trinajstić information content (AvgIpc) is 3.11. The maximum atomic E-state index is 13.2. The lowest BCUT2D eigenvalue weighted by molar-refractivity contribution is 0.0605. The molecule has 0 atom stereocenters. The number of rotatable bonds is 4. The minimum atomic E-state index is -3.36. The molecule has 0 N–H and O–H groups in total. The number of amides is 1. The summed E-state index contributed by atoms with van der Waals surface area (Å²) in [5.41, 5.74) is 2.59. The Labute approximate surface area is 177 Å². The summed E-state index contributed by atoms with van der Waals surface area (Å²) in [5.74, 6) is 0.980. The molecule has 29 heavy (non-hydrogen) atoms. The third kappa shape index (κ3) is 4.22. The van der Waals surface area contributed by atoms with Crippen molar-refractivity contribution in [3.63, 3.8) is 0 Å². The number of aryl methyl sites for hydroxylation is 1. The number of hydrogen-bond donors (Lipinski definition) is 0. The molecule has 154 valence electrons. The van der Waals surface area contributed by atoms with E-state index < -0.39 is 10.0 Å². The van der Waals surface area contributed by atoms with Crippen LogP contribution in [0.5, 0.6) is 0 Å². The van der Waals surface area contributed by atoms with Gasteiger partial charge in [-0.2, -0.15) is 0 Å². The van der Waals surface area contributed by atoms with Crippen molar-refractivity contribution in [2.24, 2.45) is 0 Å². The normalized spacial score (nSPS) is 19.6. The van der Waals surface area contributed by atoms with Gasteiger partial charge in [0.1, 0.15) is 0 Å². The first-order valence-corrected chi connectivity index (χ1v) is 12.5. The minimum Gasteiger partial charge on any atom is -0.323 e. The third-order valence-corrected chi connectivity index (χ3v) is 9.18. The Morgan fingerprint density at radius 1 is 1.03 bits per heavy atom. The molecule has 0 radical (unpaired) electrons. The minimum absolute atomic E-state index is 0.0277. The topological polar surface area (TPSA) is 57.7 Å². The van der Waals surface area contributed by atoms with Crippen LogP contribution in [0.1, 0.15) is 34.3 Å². The van der Waals surface area contributed by atoms with Crippen molar-refractivity contribution in [3.05, 3.63) is 71.3 Å². The lowest BCUT2D eigenvalue weighted by Gasteiger charge is -2.43. The number of benzene rings is 2. The van der Waals surface area contributed by atoms with Gasteiger partial charge < -0.3 is 4.90 Å². The van der Waals surface area contributed by atoms with Crippen molar-refractivity contribution in [1.29, 1.82) is 0 Å². The SMILES string of the molecule is Cc1cccc(C(=O)N2CCSC23CCN(S(=O)(=O)Cc2ccccc2)CC3)c1. The Morgan fingerprint density at radius 3 is 2.45 bits per heavy atom. The monoisotopic (exact) mass is 430 g/mol. The van der Waals surface area contributed by atoms with Gasteiger partial charge in [0.25, 0.3) is 5.91 Å². The number of nitrogens with zero attached hydrogens (tertiary/aromatic N) is 2. The summed E-state index contributed by atoms with van der Waals surface area (Å²) >= 11 is 1.80. The lowest BCUT2D eigenvalue weighted by Crippen LogP contribution is -2.53. The molecule has 2 heterocycles. The van der Waals surface area contributed by atoms with Crippen LogP contribution in [0.25, 0.3) is 0 Å². The fraction of sp³-hybridized carbons (Fsp3) is 0.409. The summed E-state index contributed by atoms with van der Waals surface area (Å²) in [6, 6.07) is 17.0. The van der Waals surface area contributed by atoms with Crippen molar-refractivity contribution >= 4 is 27.7 Å². The van der Waals surface area contributed by atoms with Gasteiger partial charge in [-0.05, 0) is 37.5 Å². The molecule has 0 unspecified atom stereocenters. The molecule has 7 heteroatoms. The van der Waals surface area contributed by atoms with E-state index in [1.54, 1.807) is 16.1 Å². The van der Waals surface area contributed by atoms with Gasteiger partial charge in [-0.15, -0.1) is 11.8 Å². The summed E-state index contributed by atoms with van der Waals surface area (Å²) in [5, 5.41) is 0. The number of thioether (sulfide) groups is 1. The third-order valence-electron chi connectivity index (χ3n) is 5.78. The van der Waals surface area contributed by atoms with Gasteiger partial charge in [0, 0.05) is 31.0 Å². The molecule has 2 aromatic rings. The molecule has 2 aliphatic heterocycles. The molecule has 4 rings (SSSR count). The van der Waals surface area contributed by atoms with Crippen molar-refractivity contribution in [1.82, 2.24) is 9.21 Å². The first-order chi connectivity index (χ1) is 13.9. The van der Waals surface area contributed by atoms with E-state index in [1.807, 2.05) is 66.4 Å². The van der Waals surface area contributed by atoms with Gasteiger partial charge in [0.2, 0.25) is 10.0 Å². The summed E-state index contributed by atoms with van der Waals surface area (Å²) in [4.78, 5) is 14.9. The number of carbonyl (C=O) groups is 1. The second kappa shape index (κ2) is 8.13. The summed E-state index contributed by atoms with van der Waals surface area (Å²) in [7, 11) is -3.36. The van der Waals surface area contributed by atoms with Gasteiger partial charge in [0.05, 0.1) is 10.6 Å². The molecule has 0 aliphatic carbocycles. The van der Waals surface area contributed by atoms with Crippen LogP contribution in [0, 0.1) is 6.92 Å². The van der Waals surface area contributed by atoms with E-state index in [0.29, 0.717) is 38.0 Å². The Bertz CT molecular complexity index is 984. The maximum Gasteiger partial charge on any atom is 0.255 e. The molecule has 0 aromatic heterocycles. The zero-order chi connectivity index (χ0) is 20.5. The standard InChI is InChI=1S/C22H26N2O3S2/c1-18-6-5-9-20(16-18)21(25)24-14-15-28-22(24)10-12-23(13-11-22)29(26,27)17-19-7-3-2-4-8-19/h2-9,16H,10-15,17H2,1H3. The smallest absolute Gasteiger partial charge is 0.255 e. The highest BCUT2D eigenvalue weighted by molar-refractivity contribution is 8.00. The van der Waals surface area contributed by atoms with Gasteiger partial charge in [-0.1, -0.05) is 48.0 Å². The van der Waals surface area contributed by atoms with Crippen molar-refractivity contribution in [3.8, 4) is 0 Å². The number of hydrogen-bond acceptors (Lipinski definition) is 4. The van der Waals surface area contributed by atoms with Crippen LogP contribution < -0.4 is 0 Å². The van der Waals surface area contributed by atoms with Crippen LogP contribution in [0.2, 0.25) is 0 Å². The van der Waals surface area contributed by atoms with E-state index in [4.69, 9.17) is 0 Å². The summed E-state index contributed by atoms with van der Waals surface area (Å²) in [6.07, 6.45) is 1.34. The lowest BCUT2D eigenvalue weighted by atomic mass is 10.0. The Balaban J connectivity index is 1.46. The van der Waals surface area contributed by atoms with Crippen LogP contribution >= 0.6 is 11.8 Å². The predicted octanol–water partition coefficient (Wildman–Crippen LogP) is 3.51. The van der Waals surface area contributed by atoms with Gasteiger partial charge in [-0.3, -0.25) is 4.79 Å². The van der Waals surface area contributed by atoms with Crippen LogP contribution in [-0.2, 0) is 15.8 Å². The van der Waals surface area contributed by atoms with Crippen LogP contribution in [-0.4, -0.2) is 53.8 Å². The van der Waals surface area contributed by atoms with Crippen molar-refractivity contribution in [2.45, 2.75) is 30.4 Å². The second-order valence-electron chi connectivity index (χ2n) is 7.76. The average molecular weight is 431 g/mol. The summed E-state index contributed by atoms with van der Waals surface area (Å²) < 4.78 is 27.3. The molecule has 1 spiro atoms. The van der Waals surface area contributed by atoms with Gasteiger partial charge in [0.15, 0.2) is 0 Å². The Hall–Kier alpha value is -1.83. The van der Waals surface area contributed by atoms with E-state index >= 15 is 0 Å². The van der Waals surface area contributed by atoms with Gasteiger partial charge in [-0.25, -0.2) is 12.7 Å². The van der Waals surface area contributed by atoms with E-state index in [1.165, 1.54) is 0 Å². The zero-order valence-corrected chi connectivity index (χ0v) is 18.2. The number of sulfonamides is 1. The highest BCUT2D eigenvalue weighted by Gasteiger charge is 2.47. The molecular formula is C22H26N2O3S2. The van der Waals surface area contributed by atoms with E-state index in [9.17, 15) is 13.2 Å². The quantitative estimate of drug-likeness (QED) is 0.745. The molecule has 2 saturated heterocycles. The molecule has 1 amide bonds. The first-order valence-electron chi connectivity index (χ1n) is 9.94. The Morgan fingerprint density at radius 2 is 1.76 bits per heavy atom. The molecule has 0 saturated carbocycles. The molecule has 2 aliphatic rings. The fourth-order valence-electron chi connectivity index (χ4n) is 4.23. The highest BCUT2D eigenvalue weighted by atomic mass is 32.2.